The summed E-state index contributed by atoms with van der Waals surface area (Å²) in [5, 5.41) is 1.71. The first kappa shape index (κ1) is 26.9. The molecule has 2 aromatic rings. The van der Waals surface area contributed by atoms with Crippen LogP contribution in [0.25, 0.3) is 0 Å². The predicted molar refractivity (Wildman–Crippen MR) is 135 cm³/mol. The van der Waals surface area contributed by atoms with Gasteiger partial charge in [-0.25, -0.2) is 18.2 Å². The molecule has 1 fully saturated rings. The number of sulfonamides is 1. The molecule has 0 unspecified atom stereocenters. The van der Waals surface area contributed by atoms with Gasteiger partial charge in [0.2, 0.25) is 0 Å². The van der Waals surface area contributed by atoms with Crippen LogP contribution in [0, 0.1) is 12.3 Å². The maximum absolute atomic E-state index is 12.9. The molecule has 2 atom stereocenters. The zero-order valence-corrected chi connectivity index (χ0v) is 22.0. The standard InChI is InChI=1S/C25H35FN4O4S/c1-17(15-26)20-7-9-21(10-8-20)35(32,33)28-22-11-12-23(27-19(22)3)29-13-14-30(18(2)16-29)34-24(31)25(4,5)6/h7-12,17-18,28H,13-16H2,1-6H3/t17-,18+/m1/s1. The highest BCUT2D eigenvalue weighted by Gasteiger charge is 2.31. The summed E-state index contributed by atoms with van der Waals surface area (Å²) in [5.74, 6) is 0.174. The minimum Gasteiger partial charge on any atom is -0.367 e. The van der Waals surface area contributed by atoms with Gasteiger partial charge >= 0.3 is 5.97 Å². The number of benzene rings is 1. The van der Waals surface area contributed by atoms with E-state index in [2.05, 4.69) is 14.6 Å². The van der Waals surface area contributed by atoms with Crippen molar-refractivity contribution < 1.29 is 22.4 Å². The Hall–Kier alpha value is -2.72. The molecule has 0 aliphatic carbocycles. The molecule has 192 valence electrons. The molecule has 8 nitrogen and oxygen atoms in total. The Bertz CT molecular complexity index is 1150. The van der Waals surface area contributed by atoms with E-state index in [4.69, 9.17) is 4.84 Å². The molecule has 1 saturated heterocycles. The maximum atomic E-state index is 12.9. The Labute approximate surface area is 207 Å². The average molecular weight is 507 g/mol. The van der Waals surface area contributed by atoms with Gasteiger partial charge in [0.25, 0.3) is 10.0 Å². The molecule has 1 N–H and O–H groups in total. The number of rotatable bonds is 7. The number of nitrogens with one attached hydrogen (secondary N) is 1. The zero-order valence-electron chi connectivity index (χ0n) is 21.2. The van der Waals surface area contributed by atoms with E-state index >= 15 is 0 Å². The van der Waals surface area contributed by atoms with Crippen molar-refractivity contribution in [1.82, 2.24) is 10.0 Å². The number of piperazine rings is 1. The van der Waals surface area contributed by atoms with E-state index in [-0.39, 0.29) is 22.8 Å². The third-order valence-electron chi connectivity index (χ3n) is 6.01. The van der Waals surface area contributed by atoms with Crippen LogP contribution in [0.5, 0.6) is 0 Å². The number of aromatic nitrogens is 1. The Morgan fingerprint density at radius 2 is 1.86 bits per heavy atom. The number of alkyl halides is 1. The summed E-state index contributed by atoms with van der Waals surface area (Å²) in [4.78, 5) is 24.6. The Balaban J connectivity index is 1.67. The van der Waals surface area contributed by atoms with Crippen molar-refractivity contribution in [2.75, 3.05) is 35.9 Å². The zero-order chi connectivity index (χ0) is 26.0. The number of halogens is 1. The average Bonchev–Trinajstić information content (AvgIpc) is 2.80. The maximum Gasteiger partial charge on any atom is 0.330 e. The molecule has 0 bridgehead atoms. The number of hydroxylamine groups is 2. The summed E-state index contributed by atoms with van der Waals surface area (Å²) in [6.07, 6.45) is 0. The quantitative estimate of drug-likeness (QED) is 0.599. The molecule has 0 saturated carbocycles. The molecule has 0 amide bonds. The van der Waals surface area contributed by atoms with Gasteiger partial charge in [0.05, 0.1) is 41.0 Å². The topological polar surface area (TPSA) is 91.8 Å². The highest BCUT2D eigenvalue weighted by Crippen LogP contribution is 2.26. The van der Waals surface area contributed by atoms with Crippen molar-refractivity contribution in [3.05, 3.63) is 47.7 Å². The highest BCUT2D eigenvalue weighted by molar-refractivity contribution is 7.92. The number of hydrogen-bond acceptors (Lipinski definition) is 7. The first-order valence-corrected chi connectivity index (χ1v) is 13.2. The molecule has 1 aliphatic heterocycles. The fraction of sp³-hybridized carbons (Fsp3) is 0.520. The van der Waals surface area contributed by atoms with Crippen molar-refractivity contribution in [2.24, 2.45) is 5.41 Å². The van der Waals surface area contributed by atoms with Crippen LogP contribution in [-0.4, -0.2) is 56.8 Å². The fourth-order valence-corrected chi connectivity index (χ4v) is 4.75. The van der Waals surface area contributed by atoms with Gasteiger partial charge in [0, 0.05) is 19.0 Å². The second-order valence-electron chi connectivity index (χ2n) is 10.1. The van der Waals surface area contributed by atoms with E-state index in [9.17, 15) is 17.6 Å². The van der Waals surface area contributed by atoms with E-state index in [1.165, 1.54) is 12.1 Å². The first-order chi connectivity index (χ1) is 16.3. The van der Waals surface area contributed by atoms with E-state index in [1.807, 2.05) is 27.7 Å². The van der Waals surface area contributed by atoms with Crippen LogP contribution in [0.3, 0.4) is 0 Å². The van der Waals surface area contributed by atoms with Crippen LogP contribution in [0.1, 0.15) is 51.8 Å². The fourth-order valence-electron chi connectivity index (χ4n) is 3.63. The van der Waals surface area contributed by atoms with Gasteiger partial charge in [0.15, 0.2) is 0 Å². The summed E-state index contributed by atoms with van der Waals surface area (Å²) in [5.41, 5.74) is 1.10. The number of aryl methyl sites for hydroxylation is 1. The number of pyridine rings is 1. The molecule has 0 radical (unpaired) electrons. The number of nitrogens with zero attached hydrogens (tertiary/aromatic N) is 3. The number of carbonyl (C=O) groups is 1. The minimum absolute atomic E-state index is 0.0292. The molecule has 0 spiro atoms. The summed E-state index contributed by atoms with van der Waals surface area (Å²) >= 11 is 0. The summed E-state index contributed by atoms with van der Waals surface area (Å²) in [6.45, 7) is 12.2. The van der Waals surface area contributed by atoms with Crippen LogP contribution < -0.4 is 9.62 Å². The second kappa shape index (κ2) is 10.5. The lowest BCUT2D eigenvalue weighted by Gasteiger charge is -2.39. The Kier molecular flexibility index (Phi) is 8.06. The molecule has 10 heteroatoms. The van der Waals surface area contributed by atoms with Gasteiger partial charge in [-0.1, -0.05) is 19.1 Å². The molecule has 2 heterocycles. The highest BCUT2D eigenvalue weighted by atomic mass is 32.2. The molecule has 1 aliphatic rings. The van der Waals surface area contributed by atoms with Crippen LogP contribution in [0.2, 0.25) is 0 Å². The number of anilines is 2. The summed E-state index contributed by atoms with van der Waals surface area (Å²) in [7, 11) is -3.81. The molecule has 35 heavy (non-hydrogen) atoms. The van der Waals surface area contributed by atoms with Gasteiger partial charge in [-0.05, 0) is 64.4 Å². The van der Waals surface area contributed by atoms with Gasteiger partial charge < -0.3 is 9.74 Å². The van der Waals surface area contributed by atoms with Crippen LogP contribution in [0.15, 0.2) is 41.3 Å². The molecule has 1 aromatic heterocycles. The van der Waals surface area contributed by atoms with Crippen molar-refractivity contribution in [3.63, 3.8) is 0 Å². The van der Waals surface area contributed by atoms with Crippen molar-refractivity contribution in [2.45, 2.75) is 58.4 Å². The Morgan fingerprint density at radius 1 is 1.20 bits per heavy atom. The lowest BCUT2D eigenvalue weighted by Crippen LogP contribution is -2.53. The lowest BCUT2D eigenvalue weighted by atomic mass is 9.98. The number of hydrogen-bond donors (Lipinski definition) is 1. The van der Waals surface area contributed by atoms with E-state index in [0.29, 0.717) is 31.0 Å². The third-order valence-corrected chi connectivity index (χ3v) is 7.39. The van der Waals surface area contributed by atoms with Gasteiger partial charge in [-0.15, -0.1) is 5.06 Å². The van der Waals surface area contributed by atoms with Crippen molar-refractivity contribution in [3.8, 4) is 0 Å². The lowest BCUT2D eigenvalue weighted by molar-refractivity contribution is -0.211. The predicted octanol–water partition coefficient (Wildman–Crippen LogP) is 4.28. The van der Waals surface area contributed by atoms with Crippen LogP contribution in [0.4, 0.5) is 15.9 Å². The van der Waals surface area contributed by atoms with Crippen molar-refractivity contribution >= 4 is 27.5 Å². The monoisotopic (exact) mass is 506 g/mol. The second-order valence-corrected chi connectivity index (χ2v) is 11.8. The van der Waals surface area contributed by atoms with Crippen LogP contribution >= 0.6 is 0 Å². The largest absolute Gasteiger partial charge is 0.367 e. The Morgan fingerprint density at radius 3 is 2.40 bits per heavy atom. The first-order valence-electron chi connectivity index (χ1n) is 11.7. The molecular weight excluding hydrogens is 471 g/mol. The summed E-state index contributed by atoms with van der Waals surface area (Å²) in [6, 6.07) is 9.67. The smallest absolute Gasteiger partial charge is 0.330 e. The molecular formula is C25H35FN4O4S. The number of carbonyl (C=O) groups excluding carboxylic acids is 1. The van der Waals surface area contributed by atoms with E-state index in [1.54, 1.807) is 43.2 Å². The van der Waals surface area contributed by atoms with Gasteiger partial charge in [0.1, 0.15) is 5.82 Å². The molecule has 3 rings (SSSR count). The summed E-state index contributed by atoms with van der Waals surface area (Å²) < 4.78 is 41.2. The molecule has 1 aromatic carbocycles. The SMILES string of the molecule is Cc1nc(N2CCN(OC(=O)C(C)(C)C)[C@@H](C)C2)ccc1NS(=O)(=O)c1ccc([C@H](C)CF)cc1. The van der Waals surface area contributed by atoms with E-state index in [0.717, 1.165) is 11.4 Å². The van der Waals surface area contributed by atoms with Crippen molar-refractivity contribution in [1.29, 1.82) is 0 Å². The van der Waals surface area contributed by atoms with Crippen LogP contribution in [-0.2, 0) is 19.7 Å². The minimum atomic E-state index is -3.81. The third kappa shape index (κ3) is 6.49. The van der Waals surface area contributed by atoms with Gasteiger partial charge in [-0.3, -0.25) is 9.11 Å². The van der Waals surface area contributed by atoms with Gasteiger partial charge in [-0.2, -0.15) is 0 Å². The van der Waals surface area contributed by atoms with E-state index < -0.39 is 22.1 Å². The normalized spacial score (nSPS) is 18.3.